The second-order valence-corrected chi connectivity index (χ2v) is 6.10. The number of hydrogen-bond acceptors (Lipinski definition) is 3. The van der Waals surface area contributed by atoms with Crippen LogP contribution < -0.4 is 5.32 Å². The fourth-order valence-corrected chi connectivity index (χ4v) is 3.49. The molecule has 1 fully saturated rings. The van der Waals surface area contributed by atoms with Crippen LogP contribution in [0, 0.1) is 17.8 Å². The van der Waals surface area contributed by atoms with Gasteiger partial charge in [0, 0.05) is 6.04 Å². The zero-order valence-electron chi connectivity index (χ0n) is 10.1. The van der Waals surface area contributed by atoms with E-state index in [0.29, 0.717) is 6.04 Å². The summed E-state index contributed by atoms with van der Waals surface area (Å²) < 4.78 is 0. The lowest BCUT2D eigenvalue weighted by atomic mass is 9.93. The molecule has 2 aliphatic rings. The zero-order valence-corrected chi connectivity index (χ0v) is 10.9. The number of aliphatic hydroxyl groups is 1. The summed E-state index contributed by atoms with van der Waals surface area (Å²) in [5.41, 5.74) is 0. The second-order valence-electron chi connectivity index (χ2n) is 5.11. The van der Waals surface area contributed by atoms with Crippen molar-refractivity contribution >= 4 is 11.8 Å². The number of allylic oxidation sites excluding steroid dienone is 2. The first-order chi connectivity index (χ1) is 7.83. The molecule has 92 valence electrons. The van der Waals surface area contributed by atoms with Crippen molar-refractivity contribution in [2.45, 2.75) is 25.3 Å². The number of aliphatic hydroxyl groups excluding tert-OH is 1. The maximum Gasteiger partial charge on any atom is 0.0584 e. The predicted molar refractivity (Wildman–Crippen MR) is 70.7 cm³/mol. The molecule has 0 aromatic carbocycles. The Morgan fingerprint density at radius 3 is 2.88 bits per heavy atom. The van der Waals surface area contributed by atoms with E-state index in [0.717, 1.165) is 36.5 Å². The fourth-order valence-electron chi connectivity index (χ4n) is 2.97. The Balaban J connectivity index is 1.68. The van der Waals surface area contributed by atoms with E-state index >= 15 is 0 Å². The van der Waals surface area contributed by atoms with Gasteiger partial charge in [-0.2, -0.15) is 11.8 Å². The van der Waals surface area contributed by atoms with Gasteiger partial charge in [-0.25, -0.2) is 0 Å². The van der Waals surface area contributed by atoms with Gasteiger partial charge in [0.25, 0.3) is 0 Å². The highest BCUT2D eigenvalue weighted by Gasteiger charge is 2.35. The monoisotopic (exact) mass is 241 g/mol. The number of rotatable bonds is 7. The van der Waals surface area contributed by atoms with Crippen LogP contribution in [0.4, 0.5) is 0 Å². The van der Waals surface area contributed by atoms with Crippen LogP contribution in [0.25, 0.3) is 0 Å². The summed E-state index contributed by atoms with van der Waals surface area (Å²) in [5, 5.41) is 12.8. The van der Waals surface area contributed by atoms with E-state index < -0.39 is 0 Å². The van der Waals surface area contributed by atoms with E-state index in [1.54, 1.807) is 0 Å². The molecule has 2 nitrogen and oxygen atoms in total. The molecular weight excluding hydrogens is 218 g/mol. The summed E-state index contributed by atoms with van der Waals surface area (Å²) in [6.07, 6.45) is 10.7. The molecule has 0 aliphatic heterocycles. The number of hydrogen-bond donors (Lipinski definition) is 2. The maximum atomic E-state index is 9.27. The highest BCUT2D eigenvalue weighted by Crippen LogP contribution is 2.42. The van der Waals surface area contributed by atoms with Crippen LogP contribution in [0.15, 0.2) is 12.2 Å². The third-order valence-corrected chi connectivity index (χ3v) is 4.62. The molecule has 0 heterocycles. The van der Waals surface area contributed by atoms with Crippen LogP contribution in [0.2, 0.25) is 0 Å². The zero-order chi connectivity index (χ0) is 11.4. The molecule has 16 heavy (non-hydrogen) atoms. The van der Waals surface area contributed by atoms with E-state index in [1.807, 2.05) is 11.8 Å². The van der Waals surface area contributed by atoms with Crippen LogP contribution in [0.5, 0.6) is 0 Å². The summed E-state index contributed by atoms with van der Waals surface area (Å²) in [4.78, 5) is 0. The first-order valence-electron chi connectivity index (χ1n) is 6.35. The van der Waals surface area contributed by atoms with Gasteiger partial charge in [-0.3, -0.25) is 0 Å². The van der Waals surface area contributed by atoms with Gasteiger partial charge in [0.05, 0.1) is 6.61 Å². The van der Waals surface area contributed by atoms with Crippen LogP contribution in [-0.4, -0.2) is 36.3 Å². The summed E-state index contributed by atoms with van der Waals surface area (Å²) in [6.45, 7) is 1.36. The first kappa shape index (κ1) is 12.5. The molecule has 3 heteroatoms. The van der Waals surface area contributed by atoms with Crippen LogP contribution in [-0.2, 0) is 0 Å². The van der Waals surface area contributed by atoms with Crippen molar-refractivity contribution in [2.24, 2.45) is 17.8 Å². The molecule has 2 bridgehead atoms. The number of thioether (sulfide) groups is 1. The number of nitrogens with one attached hydrogen (secondary N) is 1. The average molecular weight is 241 g/mol. The van der Waals surface area contributed by atoms with Gasteiger partial charge in [0.2, 0.25) is 0 Å². The van der Waals surface area contributed by atoms with Gasteiger partial charge < -0.3 is 10.4 Å². The van der Waals surface area contributed by atoms with Crippen molar-refractivity contribution in [3.05, 3.63) is 12.2 Å². The first-order valence-corrected chi connectivity index (χ1v) is 7.74. The van der Waals surface area contributed by atoms with Gasteiger partial charge >= 0.3 is 0 Å². The Kier molecular flexibility index (Phi) is 4.74. The molecule has 0 saturated heterocycles. The Morgan fingerprint density at radius 1 is 1.44 bits per heavy atom. The van der Waals surface area contributed by atoms with Gasteiger partial charge in [0.15, 0.2) is 0 Å². The van der Waals surface area contributed by atoms with Crippen molar-refractivity contribution in [1.29, 1.82) is 0 Å². The lowest BCUT2D eigenvalue weighted by molar-refractivity contribution is 0.231. The molecule has 2 N–H and O–H groups in total. The van der Waals surface area contributed by atoms with E-state index in [2.05, 4.69) is 23.7 Å². The van der Waals surface area contributed by atoms with E-state index in [-0.39, 0.29) is 6.61 Å². The molecule has 4 atom stereocenters. The third-order valence-electron chi connectivity index (χ3n) is 3.98. The molecule has 0 radical (unpaired) electrons. The average Bonchev–Trinajstić information content (AvgIpc) is 2.91. The largest absolute Gasteiger partial charge is 0.395 e. The summed E-state index contributed by atoms with van der Waals surface area (Å²) in [6, 6.07) is 0.301. The minimum Gasteiger partial charge on any atom is -0.395 e. The normalized spacial score (nSPS) is 33.5. The Morgan fingerprint density at radius 2 is 2.31 bits per heavy atom. The van der Waals surface area contributed by atoms with E-state index in [9.17, 15) is 5.11 Å². The number of fused-ring (bicyclic) bond motifs is 2. The highest BCUT2D eigenvalue weighted by atomic mass is 32.2. The minimum absolute atomic E-state index is 0.275. The lowest BCUT2D eigenvalue weighted by Gasteiger charge is -2.22. The molecule has 2 aliphatic carbocycles. The van der Waals surface area contributed by atoms with Crippen molar-refractivity contribution in [2.75, 3.05) is 25.2 Å². The molecule has 0 amide bonds. The van der Waals surface area contributed by atoms with Crippen LogP contribution >= 0.6 is 11.8 Å². The standard InChI is InChI=1S/C13H23NOS/c1-16-5-4-13(9-15)14-8-12-7-10-2-3-11(12)6-10/h2-3,10-15H,4-9H2,1H3. The molecule has 0 spiro atoms. The third kappa shape index (κ3) is 3.02. The summed E-state index contributed by atoms with van der Waals surface area (Å²) in [7, 11) is 0. The Hall–Kier alpha value is 0.0100. The molecule has 4 unspecified atom stereocenters. The highest BCUT2D eigenvalue weighted by molar-refractivity contribution is 7.98. The molecular formula is C13H23NOS. The molecule has 2 rings (SSSR count). The fraction of sp³-hybridized carbons (Fsp3) is 0.846. The second kappa shape index (κ2) is 6.08. The molecule has 0 aromatic rings. The predicted octanol–water partition coefficient (Wildman–Crippen LogP) is 1.90. The summed E-state index contributed by atoms with van der Waals surface area (Å²) >= 11 is 1.85. The van der Waals surface area contributed by atoms with Crippen LogP contribution in [0.1, 0.15) is 19.3 Å². The van der Waals surface area contributed by atoms with Gasteiger partial charge in [-0.1, -0.05) is 12.2 Å². The molecule has 1 saturated carbocycles. The van der Waals surface area contributed by atoms with Crippen LogP contribution in [0.3, 0.4) is 0 Å². The topological polar surface area (TPSA) is 32.3 Å². The Labute approximate surface area is 103 Å². The lowest BCUT2D eigenvalue weighted by Crippen LogP contribution is -2.37. The maximum absolute atomic E-state index is 9.27. The quantitative estimate of drug-likeness (QED) is 0.668. The van der Waals surface area contributed by atoms with E-state index in [4.69, 9.17) is 0 Å². The Bertz CT molecular complexity index is 244. The van der Waals surface area contributed by atoms with E-state index in [1.165, 1.54) is 12.8 Å². The smallest absolute Gasteiger partial charge is 0.0584 e. The van der Waals surface area contributed by atoms with Gasteiger partial charge in [-0.05, 0) is 55.6 Å². The SMILES string of the molecule is CSCCC(CO)NCC1CC2C=CC1C2. The van der Waals surface area contributed by atoms with Crippen molar-refractivity contribution < 1.29 is 5.11 Å². The van der Waals surface area contributed by atoms with Gasteiger partial charge in [-0.15, -0.1) is 0 Å². The molecule has 0 aromatic heterocycles. The van der Waals surface area contributed by atoms with Gasteiger partial charge in [0.1, 0.15) is 0 Å². The minimum atomic E-state index is 0.275. The van der Waals surface area contributed by atoms with Crippen molar-refractivity contribution in [1.82, 2.24) is 5.32 Å². The van der Waals surface area contributed by atoms with Crippen molar-refractivity contribution in [3.8, 4) is 0 Å². The summed E-state index contributed by atoms with van der Waals surface area (Å²) in [5.74, 6) is 3.63. The van der Waals surface area contributed by atoms with Crippen molar-refractivity contribution in [3.63, 3.8) is 0 Å².